The van der Waals surface area contributed by atoms with E-state index in [0.717, 1.165) is 18.6 Å². The van der Waals surface area contributed by atoms with Crippen LogP contribution in [0.2, 0.25) is 5.02 Å². The van der Waals surface area contributed by atoms with Gasteiger partial charge in [0.05, 0.1) is 5.69 Å². The predicted molar refractivity (Wildman–Crippen MR) is 97.1 cm³/mol. The van der Waals surface area contributed by atoms with Crippen LogP contribution in [0.5, 0.6) is 0 Å². The first-order chi connectivity index (χ1) is 11.7. The number of nitrogens with zero attached hydrogens (tertiary/aromatic N) is 2. The third kappa shape index (κ3) is 5.84. The van der Waals surface area contributed by atoms with Crippen LogP contribution < -0.4 is 5.56 Å². The van der Waals surface area contributed by atoms with E-state index in [4.69, 9.17) is 16.3 Å². The van der Waals surface area contributed by atoms with Crippen LogP contribution in [-0.2, 0) is 11.3 Å². The summed E-state index contributed by atoms with van der Waals surface area (Å²) in [4.78, 5) is 11.9. The maximum Gasteiger partial charge on any atom is 0.267 e. The van der Waals surface area contributed by atoms with Gasteiger partial charge in [-0.1, -0.05) is 55.3 Å². The Labute approximate surface area is 147 Å². The van der Waals surface area contributed by atoms with Crippen molar-refractivity contribution >= 4 is 11.6 Å². The number of hydrogen-bond acceptors (Lipinski definition) is 3. The molecular formula is C19H21ClN2O2. The SMILES string of the molecule is CCCCCOCC#CCn1nc(-c2ccc(Cl)cc2)ccc1=O. The Hall–Kier alpha value is -2.09. The maximum absolute atomic E-state index is 11.9. The average molecular weight is 345 g/mol. The van der Waals surface area contributed by atoms with E-state index in [9.17, 15) is 4.79 Å². The lowest BCUT2D eigenvalue weighted by molar-refractivity contribution is 0.162. The molecule has 1 aromatic heterocycles. The second-order valence-corrected chi connectivity index (χ2v) is 5.77. The molecule has 4 nitrogen and oxygen atoms in total. The molecule has 1 aromatic carbocycles. The van der Waals surface area contributed by atoms with Crippen molar-refractivity contribution in [3.8, 4) is 23.1 Å². The summed E-state index contributed by atoms with van der Waals surface area (Å²) in [5.41, 5.74) is 1.44. The van der Waals surface area contributed by atoms with Crippen molar-refractivity contribution in [3.63, 3.8) is 0 Å². The molecule has 5 heteroatoms. The minimum Gasteiger partial charge on any atom is -0.369 e. The van der Waals surface area contributed by atoms with Crippen LogP contribution in [0, 0.1) is 11.8 Å². The number of halogens is 1. The quantitative estimate of drug-likeness (QED) is 0.567. The molecule has 126 valence electrons. The molecule has 0 amide bonds. The van der Waals surface area contributed by atoms with Gasteiger partial charge in [-0.2, -0.15) is 5.10 Å². The minimum atomic E-state index is -0.175. The highest BCUT2D eigenvalue weighted by Crippen LogP contribution is 2.18. The van der Waals surface area contributed by atoms with Crippen molar-refractivity contribution in [2.75, 3.05) is 13.2 Å². The molecule has 0 aliphatic rings. The fourth-order valence-electron chi connectivity index (χ4n) is 2.10. The minimum absolute atomic E-state index is 0.175. The first-order valence-corrected chi connectivity index (χ1v) is 8.46. The average Bonchev–Trinajstić information content (AvgIpc) is 2.59. The van der Waals surface area contributed by atoms with Gasteiger partial charge < -0.3 is 4.74 Å². The van der Waals surface area contributed by atoms with E-state index in [1.54, 1.807) is 18.2 Å². The molecule has 1 heterocycles. The fourth-order valence-corrected chi connectivity index (χ4v) is 2.22. The maximum atomic E-state index is 11.9. The number of benzene rings is 1. The zero-order valence-electron chi connectivity index (χ0n) is 13.8. The highest BCUT2D eigenvalue weighted by Gasteiger charge is 2.02. The summed E-state index contributed by atoms with van der Waals surface area (Å²) in [5.74, 6) is 5.84. The normalized spacial score (nSPS) is 10.2. The molecule has 0 bridgehead atoms. The monoisotopic (exact) mass is 344 g/mol. The third-order valence-electron chi connectivity index (χ3n) is 3.43. The number of unbranched alkanes of at least 4 members (excludes halogenated alkanes) is 2. The Balaban J connectivity index is 1.95. The van der Waals surface area contributed by atoms with Crippen molar-refractivity contribution in [2.24, 2.45) is 0 Å². The molecular weight excluding hydrogens is 324 g/mol. The van der Waals surface area contributed by atoms with Gasteiger partial charge in [0.15, 0.2) is 0 Å². The van der Waals surface area contributed by atoms with E-state index < -0.39 is 0 Å². The topological polar surface area (TPSA) is 44.1 Å². The zero-order valence-corrected chi connectivity index (χ0v) is 14.6. The number of hydrogen-bond donors (Lipinski definition) is 0. The molecule has 0 N–H and O–H groups in total. The standard InChI is InChI=1S/C19H21ClN2O2/c1-2-3-5-14-24-15-6-4-13-22-19(23)12-11-18(21-22)16-7-9-17(20)10-8-16/h7-12H,2-3,5,13-15H2,1H3. The van der Waals surface area contributed by atoms with Gasteiger partial charge in [0.2, 0.25) is 0 Å². The highest BCUT2D eigenvalue weighted by atomic mass is 35.5. The summed E-state index contributed by atoms with van der Waals surface area (Å²) in [6.45, 7) is 3.52. The summed E-state index contributed by atoms with van der Waals surface area (Å²) in [6.07, 6.45) is 3.40. The zero-order chi connectivity index (χ0) is 17.2. The Bertz CT molecular complexity index is 757. The number of ether oxygens (including phenoxy) is 1. The van der Waals surface area contributed by atoms with E-state index >= 15 is 0 Å². The molecule has 0 aliphatic heterocycles. The molecule has 2 aromatic rings. The lowest BCUT2D eigenvalue weighted by atomic mass is 10.1. The van der Waals surface area contributed by atoms with Crippen LogP contribution >= 0.6 is 11.6 Å². The molecule has 0 saturated carbocycles. The second kappa shape index (κ2) is 9.92. The van der Waals surface area contributed by atoms with Gasteiger partial charge in [0, 0.05) is 23.3 Å². The molecule has 0 radical (unpaired) electrons. The summed E-state index contributed by atoms with van der Waals surface area (Å²) in [6, 6.07) is 10.5. The third-order valence-corrected chi connectivity index (χ3v) is 3.68. The fraction of sp³-hybridized carbons (Fsp3) is 0.368. The van der Waals surface area contributed by atoms with Crippen LogP contribution in [0.3, 0.4) is 0 Å². The lowest BCUT2D eigenvalue weighted by Crippen LogP contribution is -2.21. The van der Waals surface area contributed by atoms with Crippen LogP contribution in [0.1, 0.15) is 26.2 Å². The smallest absolute Gasteiger partial charge is 0.267 e. The first kappa shape index (κ1) is 18.3. The van der Waals surface area contributed by atoms with Gasteiger partial charge >= 0.3 is 0 Å². The molecule has 24 heavy (non-hydrogen) atoms. The van der Waals surface area contributed by atoms with Gasteiger partial charge in [-0.05, 0) is 24.6 Å². The molecule has 0 unspecified atom stereocenters. The van der Waals surface area contributed by atoms with Crippen molar-refractivity contribution in [2.45, 2.75) is 32.7 Å². The summed E-state index contributed by atoms with van der Waals surface area (Å²) in [7, 11) is 0. The Morgan fingerprint density at radius 3 is 2.67 bits per heavy atom. The van der Waals surface area contributed by atoms with Crippen LogP contribution in [-0.4, -0.2) is 23.0 Å². The molecule has 0 atom stereocenters. The van der Waals surface area contributed by atoms with E-state index in [0.29, 0.717) is 17.3 Å². The molecule has 0 aliphatic carbocycles. The van der Waals surface area contributed by atoms with E-state index in [1.165, 1.54) is 23.6 Å². The Kier molecular flexibility index (Phi) is 7.54. The Morgan fingerprint density at radius 1 is 1.12 bits per heavy atom. The van der Waals surface area contributed by atoms with Crippen LogP contribution in [0.4, 0.5) is 0 Å². The van der Waals surface area contributed by atoms with E-state index in [2.05, 4.69) is 23.9 Å². The summed E-state index contributed by atoms with van der Waals surface area (Å²) < 4.78 is 6.77. The molecule has 2 rings (SSSR count). The first-order valence-electron chi connectivity index (χ1n) is 8.08. The van der Waals surface area contributed by atoms with Crippen molar-refractivity contribution in [1.29, 1.82) is 0 Å². The van der Waals surface area contributed by atoms with Gasteiger partial charge in [-0.15, -0.1) is 0 Å². The van der Waals surface area contributed by atoms with Gasteiger partial charge in [-0.25, -0.2) is 4.68 Å². The van der Waals surface area contributed by atoms with Crippen molar-refractivity contribution in [1.82, 2.24) is 9.78 Å². The summed E-state index contributed by atoms with van der Waals surface area (Å²) >= 11 is 5.89. The molecule has 0 fully saturated rings. The van der Waals surface area contributed by atoms with Crippen LogP contribution in [0.15, 0.2) is 41.2 Å². The van der Waals surface area contributed by atoms with Crippen molar-refractivity contribution in [3.05, 3.63) is 51.8 Å². The number of aromatic nitrogens is 2. The van der Waals surface area contributed by atoms with Gasteiger partial charge in [0.25, 0.3) is 5.56 Å². The Morgan fingerprint density at radius 2 is 1.92 bits per heavy atom. The lowest BCUT2D eigenvalue weighted by Gasteiger charge is -2.04. The summed E-state index contributed by atoms with van der Waals surface area (Å²) in [5, 5.41) is 5.01. The van der Waals surface area contributed by atoms with E-state index in [-0.39, 0.29) is 12.1 Å². The van der Waals surface area contributed by atoms with Crippen LogP contribution in [0.25, 0.3) is 11.3 Å². The predicted octanol–water partition coefficient (Wildman–Crippen LogP) is 3.77. The molecule has 0 spiro atoms. The molecule has 0 saturated heterocycles. The number of rotatable bonds is 7. The van der Waals surface area contributed by atoms with Gasteiger partial charge in [0.1, 0.15) is 13.2 Å². The highest BCUT2D eigenvalue weighted by molar-refractivity contribution is 6.30. The van der Waals surface area contributed by atoms with Crippen molar-refractivity contribution < 1.29 is 4.74 Å². The largest absolute Gasteiger partial charge is 0.369 e. The van der Waals surface area contributed by atoms with Gasteiger partial charge in [-0.3, -0.25) is 4.79 Å². The second-order valence-electron chi connectivity index (χ2n) is 5.33. The van der Waals surface area contributed by atoms with E-state index in [1.807, 2.05) is 12.1 Å².